The van der Waals surface area contributed by atoms with Gasteiger partial charge in [-0.05, 0) is 39.2 Å². The second kappa shape index (κ2) is 6.47. The number of sulfonamides is 1. The number of nitrogen functional groups attached to an aromatic ring is 1. The zero-order valence-corrected chi connectivity index (χ0v) is 12.5. The van der Waals surface area contributed by atoms with Crippen LogP contribution in [0.4, 0.5) is 14.5 Å². The van der Waals surface area contributed by atoms with Crippen LogP contribution >= 0.6 is 0 Å². The molecule has 1 aromatic rings. The van der Waals surface area contributed by atoms with E-state index in [0.717, 1.165) is 16.4 Å². The van der Waals surface area contributed by atoms with Crippen molar-refractivity contribution in [3.05, 3.63) is 23.8 Å². The lowest BCUT2D eigenvalue weighted by atomic mass is 10.3. The first-order chi connectivity index (χ1) is 9.16. The molecule has 0 heterocycles. The van der Waals surface area contributed by atoms with Gasteiger partial charge in [-0.1, -0.05) is 0 Å². The minimum Gasteiger partial charge on any atom is -0.399 e. The molecular formula is C12H19F2N3O2S. The van der Waals surface area contributed by atoms with Crippen molar-refractivity contribution in [1.29, 1.82) is 0 Å². The van der Waals surface area contributed by atoms with Gasteiger partial charge in [0.2, 0.25) is 10.0 Å². The summed E-state index contributed by atoms with van der Waals surface area (Å²) in [5, 5.41) is 0. The average Bonchev–Trinajstić information content (AvgIpc) is 2.26. The van der Waals surface area contributed by atoms with Crippen molar-refractivity contribution < 1.29 is 17.2 Å². The maximum absolute atomic E-state index is 13.7. The molecule has 2 N–H and O–H groups in total. The summed E-state index contributed by atoms with van der Waals surface area (Å²) >= 11 is 0. The van der Waals surface area contributed by atoms with E-state index in [4.69, 9.17) is 5.73 Å². The summed E-state index contributed by atoms with van der Waals surface area (Å²) in [4.78, 5) is 0.934. The molecule has 8 heteroatoms. The fraction of sp³-hybridized carbons (Fsp3) is 0.500. The van der Waals surface area contributed by atoms with Crippen LogP contribution in [0, 0.1) is 11.6 Å². The van der Waals surface area contributed by atoms with Gasteiger partial charge >= 0.3 is 0 Å². The van der Waals surface area contributed by atoms with Crippen LogP contribution in [0.15, 0.2) is 17.0 Å². The molecule has 0 spiro atoms. The van der Waals surface area contributed by atoms with E-state index in [1.165, 1.54) is 7.05 Å². The third-order valence-corrected chi connectivity index (χ3v) is 4.68. The molecule has 0 atom stereocenters. The van der Waals surface area contributed by atoms with E-state index >= 15 is 0 Å². The Bertz CT molecular complexity index is 553. The fourth-order valence-electron chi connectivity index (χ4n) is 1.71. The lowest BCUT2D eigenvalue weighted by Crippen LogP contribution is -2.31. The van der Waals surface area contributed by atoms with Crippen LogP contribution < -0.4 is 5.73 Å². The minimum absolute atomic E-state index is 0.158. The average molecular weight is 307 g/mol. The van der Waals surface area contributed by atoms with Gasteiger partial charge in [-0.2, -0.15) is 0 Å². The Morgan fingerprint density at radius 3 is 2.05 bits per heavy atom. The first-order valence-corrected chi connectivity index (χ1v) is 7.46. The van der Waals surface area contributed by atoms with Crippen LogP contribution in [0.1, 0.15) is 6.42 Å². The normalized spacial score (nSPS) is 12.3. The summed E-state index contributed by atoms with van der Waals surface area (Å²) in [6.07, 6.45) is 0.556. The molecule has 0 radical (unpaired) electrons. The van der Waals surface area contributed by atoms with Crippen LogP contribution in [0.5, 0.6) is 0 Å². The molecule has 1 aromatic carbocycles. The standard InChI is InChI=1S/C12H19F2N3O2S/c1-16(2)5-4-6-17(3)20(18,19)12-10(13)7-9(15)8-11(12)14/h7-8H,4-6,15H2,1-3H3. The van der Waals surface area contributed by atoms with Crippen LogP contribution in [0.3, 0.4) is 0 Å². The van der Waals surface area contributed by atoms with Gasteiger partial charge < -0.3 is 10.6 Å². The van der Waals surface area contributed by atoms with Crippen molar-refractivity contribution in [3.63, 3.8) is 0 Å². The highest BCUT2D eigenvalue weighted by atomic mass is 32.2. The number of nitrogens with zero attached hydrogens (tertiary/aromatic N) is 2. The highest BCUT2D eigenvalue weighted by molar-refractivity contribution is 7.89. The third kappa shape index (κ3) is 3.87. The first kappa shape index (κ1) is 16.8. The van der Waals surface area contributed by atoms with Crippen LogP contribution in [-0.2, 0) is 10.0 Å². The molecule has 0 aliphatic rings. The third-order valence-electron chi connectivity index (χ3n) is 2.77. The predicted molar refractivity (Wildman–Crippen MR) is 73.8 cm³/mol. The molecule has 0 unspecified atom stereocenters. The summed E-state index contributed by atoms with van der Waals surface area (Å²) in [6, 6.07) is 1.59. The van der Waals surface area contributed by atoms with Gasteiger partial charge in [-0.15, -0.1) is 0 Å². The van der Waals surface area contributed by atoms with Crippen LogP contribution in [-0.4, -0.2) is 51.9 Å². The van der Waals surface area contributed by atoms with E-state index in [1.54, 1.807) is 0 Å². The van der Waals surface area contributed by atoms with E-state index in [-0.39, 0.29) is 12.2 Å². The molecule has 0 saturated carbocycles. The predicted octanol–water partition coefficient (Wildman–Crippen LogP) is 1.12. The summed E-state index contributed by atoms with van der Waals surface area (Å²) in [5.74, 6) is -2.36. The SMILES string of the molecule is CN(C)CCCN(C)S(=O)(=O)c1c(F)cc(N)cc1F. The maximum atomic E-state index is 13.7. The van der Waals surface area contributed by atoms with Crippen molar-refractivity contribution >= 4 is 15.7 Å². The summed E-state index contributed by atoms with van der Waals surface area (Å²) in [7, 11) is 0.796. The van der Waals surface area contributed by atoms with E-state index in [2.05, 4.69) is 0 Å². The second-order valence-corrected chi connectivity index (χ2v) is 6.78. The Hall–Kier alpha value is -1.25. The Morgan fingerprint density at radius 2 is 1.60 bits per heavy atom. The number of hydrogen-bond donors (Lipinski definition) is 1. The largest absolute Gasteiger partial charge is 0.399 e. The minimum atomic E-state index is -4.21. The van der Waals surface area contributed by atoms with Crippen molar-refractivity contribution in [2.24, 2.45) is 0 Å². The molecule has 0 bridgehead atoms. The Balaban J connectivity index is 2.99. The van der Waals surface area contributed by atoms with Crippen LogP contribution in [0.2, 0.25) is 0 Å². The number of rotatable bonds is 6. The van der Waals surface area contributed by atoms with Gasteiger partial charge in [0.1, 0.15) is 11.6 Å². The molecule has 0 saturated heterocycles. The van der Waals surface area contributed by atoms with Crippen molar-refractivity contribution in [1.82, 2.24) is 9.21 Å². The zero-order valence-electron chi connectivity index (χ0n) is 11.7. The summed E-state index contributed by atoms with van der Waals surface area (Å²) in [5.41, 5.74) is 5.11. The monoisotopic (exact) mass is 307 g/mol. The van der Waals surface area contributed by atoms with Crippen LogP contribution in [0.25, 0.3) is 0 Å². The zero-order chi connectivity index (χ0) is 15.5. The summed E-state index contributed by atoms with van der Waals surface area (Å²) < 4.78 is 52.6. The van der Waals surface area contributed by atoms with E-state index in [0.29, 0.717) is 13.0 Å². The quantitative estimate of drug-likeness (QED) is 0.800. The molecule has 0 aromatic heterocycles. The van der Waals surface area contributed by atoms with Gasteiger partial charge in [0.05, 0.1) is 0 Å². The van der Waals surface area contributed by atoms with E-state index in [1.807, 2.05) is 19.0 Å². The number of nitrogens with two attached hydrogens (primary N) is 1. The molecule has 0 amide bonds. The van der Waals surface area contributed by atoms with Gasteiger partial charge in [0.15, 0.2) is 4.90 Å². The number of benzene rings is 1. The van der Waals surface area contributed by atoms with Gasteiger partial charge in [-0.3, -0.25) is 0 Å². The molecule has 0 aliphatic heterocycles. The lowest BCUT2D eigenvalue weighted by Gasteiger charge is -2.19. The van der Waals surface area contributed by atoms with E-state index in [9.17, 15) is 17.2 Å². The fourth-order valence-corrected chi connectivity index (χ4v) is 3.00. The molecule has 114 valence electrons. The smallest absolute Gasteiger partial charge is 0.248 e. The number of halogens is 2. The molecule has 5 nitrogen and oxygen atoms in total. The summed E-state index contributed by atoms with van der Waals surface area (Å²) in [6.45, 7) is 0.844. The number of anilines is 1. The maximum Gasteiger partial charge on any atom is 0.248 e. The highest BCUT2D eigenvalue weighted by Gasteiger charge is 2.28. The Labute approximate surface area is 118 Å². The lowest BCUT2D eigenvalue weighted by molar-refractivity contribution is 0.368. The topological polar surface area (TPSA) is 66.6 Å². The van der Waals surface area contributed by atoms with Crippen molar-refractivity contribution in [3.8, 4) is 0 Å². The second-order valence-electron chi connectivity index (χ2n) is 4.80. The molecule has 20 heavy (non-hydrogen) atoms. The van der Waals surface area contributed by atoms with Gasteiger partial charge in [0.25, 0.3) is 0 Å². The molecule has 0 aliphatic carbocycles. The Kier molecular flexibility index (Phi) is 5.43. The van der Waals surface area contributed by atoms with Crippen molar-refractivity contribution in [2.45, 2.75) is 11.3 Å². The van der Waals surface area contributed by atoms with Gasteiger partial charge in [-0.25, -0.2) is 21.5 Å². The van der Waals surface area contributed by atoms with Crippen molar-refractivity contribution in [2.75, 3.05) is 40.0 Å². The highest BCUT2D eigenvalue weighted by Crippen LogP contribution is 2.24. The number of hydrogen-bond acceptors (Lipinski definition) is 4. The first-order valence-electron chi connectivity index (χ1n) is 6.02. The molecular weight excluding hydrogens is 288 g/mol. The molecule has 0 fully saturated rings. The Morgan fingerprint density at radius 1 is 1.10 bits per heavy atom. The van der Waals surface area contributed by atoms with Gasteiger partial charge in [0, 0.05) is 19.3 Å². The molecule has 1 rings (SSSR count). The van der Waals surface area contributed by atoms with E-state index < -0.39 is 26.6 Å².